The predicted molar refractivity (Wildman–Crippen MR) is 122 cm³/mol. The van der Waals surface area contributed by atoms with Gasteiger partial charge in [-0.05, 0) is 74.9 Å². The first-order valence-corrected chi connectivity index (χ1v) is 12.3. The van der Waals surface area contributed by atoms with E-state index in [-0.39, 0.29) is 11.9 Å². The second-order valence-electron chi connectivity index (χ2n) is 8.67. The van der Waals surface area contributed by atoms with E-state index in [1.54, 1.807) is 0 Å². The monoisotopic (exact) mass is 431 g/mol. The lowest BCUT2D eigenvalue weighted by Gasteiger charge is -2.35. The highest BCUT2D eigenvalue weighted by atomic mass is 32.2. The molecule has 3 aliphatic heterocycles. The van der Waals surface area contributed by atoms with Crippen LogP contribution in [0.4, 0.5) is 5.69 Å². The van der Waals surface area contributed by atoms with Crippen LogP contribution >= 0.6 is 0 Å². The van der Waals surface area contributed by atoms with Crippen LogP contribution in [0.5, 0.6) is 0 Å². The van der Waals surface area contributed by atoms with Gasteiger partial charge in [0, 0.05) is 43.6 Å². The molecule has 3 N–H and O–H groups in total. The number of amides is 1. The summed E-state index contributed by atoms with van der Waals surface area (Å²) in [6.45, 7) is 6.50. The predicted octanol–water partition coefficient (Wildman–Crippen LogP) is 1.67. The second kappa shape index (κ2) is 8.86. The minimum atomic E-state index is -1.04. The third kappa shape index (κ3) is 4.23. The fraction of sp³-hybridized carbons (Fsp3) is 0.636. The highest BCUT2D eigenvalue weighted by Crippen LogP contribution is 2.32. The molecule has 2 atom stereocenters. The summed E-state index contributed by atoms with van der Waals surface area (Å²) in [7, 11) is 1.92. The molecular formula is C22H33N5O2S. The maximum Gasteiger partial charge on any atom is 0.253 e. The normalized spacial score (nSPS) is 24.7. The van der Waals surface area contributed by atoms with E-state index < -0.39 is 16.9 Å². The van der Waals surface area contributed by atoms with Crippen molar-refractivity contribution in [1.29, 1.82) is 0 Å². The molecule has 2 unspecified atom stereocenters. The molecule has 0 saturated carbocycles. The van der Waals surface area contributed by atoms with Gasteiger partial charge >= 0.3 is 0 Å². The number of piperidine rings is 1. The fourth-order valence-corrected chi connectivity index (χ4v) is 6.10. The second-order valence-corrected chi connectivity index (χ2v) is 10.2. The van der Waals surface area contributed by atoms with Gasteiger partial charge in [0.15, 0.2) is 0 Å². The van der Waals surface area contributed by atoms with Gasteiger partial charge in [0.05, 0.1) is 6.04 Å². The minimum absolute atomic E-state index is 0.0208. The van der Waals surface area contributed by atoms with Gasteiger partial charge in [-0.3, -0.25) is 9.79 Å². The number of anilines is 1. The van der Waals surface area contributed by atoms with E-state index in [0.717, 1.165) is 37.3 Å². The van der Waals surface area contributed by atoms with Crippen LogP contribution in [0.3, 0.4) is 0 Å². The highest BCUT2D eigenvalue weighted by Gasteiger charge is 2.48. The van der Waals surface area contributed by atoms with Crippen molar-refractivity contribution < 1.29 is 9.35 Å². The van der Waals surface area contributed by atoms with Crippen LogP contribution in [0.2, 0.25) is 0 Å². The Bertz CT molecular complexity index is 806. The lowest BCUT2D eigenvalue weighted by molar-refractivity contribution is -0.124. The number of nitrogens with one attached hydrogen (secondary N) is 3. The van der Waals surface area contributed by atoms with Gasteiger partial charge in [-0.15, -0.1) is 4.31 Å². The van der Waals surface area contributed by atoms with Crippen LogP contribution in [0, 0.1) is 13.8 Å². The minimum Gasteiger partial charge on any atom is -0.598 e. The first-order valence-electron chi connectivity index (χ1n) is 11.0. The van der Waals surface area contributed by atoms with Crippen molar-refractivity contribution in [3.05, 3.63) is 28.8 Å². The smallest absolute Gasteiger partial charge is 0.253 e. The van der Waals surface area contributed by atoms with Crippen molar-refractivity contribution in [3.63, 3.8) is 0 Å². The van der Waals surface area contributed by atoms with E-state index in [9.17, 15) is 9.35 Å². The van der Waals surface area contributed by atoms with Crippen molar-refractivity contribution in [2.24, 2.45) is 4.99 Å². The summed E-state index contributed by atoms with van der Waals surface area (Å²) < 4.78 is 15.0. The lowest BCUT2D eigenvalue weighted by atomic mass is 9.89. The van der Waals surface area contributed by atoms with Crippen LogP contribution in [-0.4, -0.2) is 64.6 Å². The summed E-state index contributed by atoms with van der Waals surface area (Å²) in [6, 6.07) is 4.47. The molecule has 1 aromatic rings. The number of aliphatic imine (C=N–C) groups is 1. The molecule has 3 heterocycles. The summed E-state index contributed by atoms with van der Waals surface area (Å²) in [6.07, 6.45) is 4.22. The Hall–Kier alpha value is -1.61. The maximum absolute atomic E-state index is 13.0. The Kier molecular flexibility index (Phi) is 6.39. The van der Waals surface area contributed by atoms with Gasteiger partial charge in [-0.2, -0.15) is 0 Å². The number of amidine groups is 1. The van der Waals surface area contributed by atoms with E-state index in [2.05, 4.69) is 41.9 Å². The van der Waals surface area contributed by atoms with E-state index >= 15 is 0 Å². The molecule has 4 rings (SSSR count). The Morgan fingerprint density at radius 3 is 2.60 bits per heavy atom. The fourth-order valence-electron chi connectivity index (χ4n) is 4.87. The molecule has 2 fully saturated rings. The number of hydrogen-bond acceptors (Lipinski definition) is 6. The SMILES string of the molecule is CNc1cc(C)c(CC[S+]([O-])N2CCC3(CC2)N=C(C2CCCN2)NC3=O)c(C)c1. The van der Waals surface area contributed by atoms with Crippen molar-refractivity contribution in [3.8, 4) is 0 Å². The topological polar surface area (TPSA) is 91.8 Å². The highest BCUT2D eigenvalue weighted by molar-refractivity contribution is 7.89. The molecule has 8 heteroatoms. The molecule has 0 bridgehead atoms. The first kappa shape index (κ1) is 21.6. The van der Waals surface area contributed by atoms with Crippen molar-refractivity contribution in [2.45, 2.75) is 57.5 Å². The van der Waals surface area contributed by atoms with Crippen LogP contribution < -0.4 is 16.0 Å². The van der Waals surface area contributed by atoms with Gasteiger partial charge in [-0.25, -0.2) is 0 Å². The number of aryl methyl sites for hydroxylation is 2. The Morgan fingerprint density at radius 2 is 2.00 bits per heavy atom. The zero-order valence-electron chi connectivity index (χ0n) is 18.2. The molecule has 1 spiro atoms. The quantitative estimate of drug-likeness (QED) is 0.596. The zero-order chi connectivity index (χ0) is 21.3. The summed E-state index contributed by atoms with van der Waals surface area (Å²) in [5.74, 6) is 1.44. The summed E-state index contributed by atoms with van der Waals surface area (Å²) in [5, 5.41) is 9.61. The average molecular weight is 432 g/mol. The number of benzene rings is 1. The van der Waals surface area contributed by atoms with Crippen LogP contribution in [-0.2, 0) is 22.6 Å². The van der Waals surface area contributed by atoms with Crippen LogP contribution in [0.25, 0.3) is 0 Å². The summed E-state index contributed by atoms with van der Waals surface area (Å²) >= 11 is -1.04. The molecule has 2 saturated heterocycles. The van der Waals surface area contributed by atoms with Gasteiger partial charge < -0.3 is 20.5 Å². The largest absolute Gasteiger partial charge is 0.598 e. The Labute approximate surface area is 182 Å². The van der Waals surface area contributed by atoms with Crippen molar-refractivity contribution in [2.75, 3.05) is 37.8 Å². The van der Waals surface area contributed by atoms with Crippen molar-refractivity contribution >= 4 is 28.8 Å². The van der Waals surface area contributed by atoms with E-state index in [1.807, 2.05) is 11.4 Å². The van der Waals surface area contributed by atoms with Crippen LogP contribution in [0.1, 0.15) is 42.4 Å². The Balaban J connectivity index is 1.34. The van der Waals surface area contributed by atoms with Gasteiger partial charge in [-0.1, -0.05) is 0 Å². The third-order valence-electron chi connectivity index (χ3n) is 6.74. The maximum atomic E-state index is 13.0. The number of rotatable bonds is 6. The van der Waals surface area contributed by atoms with E-state index in [4.69, 9.17) is 4.99 Å². The standard InChI is InChI=1S/C22H33N5O2S/c1-15-13-17(23-3)14-16(2)18(15)6-12-30(29)27-10-7-22(8-11-27)21(28)25-20(26-22)19-5-4-9-24-19/h13-14,19,23-24H,4-12H2,1-3H3,(H,25,26,28). The molecule has 1 aromatic carbocycles. The number of nitrogens with zero attached hydrogens (tertiary/aromatic N) is 2. The molecule has 7 nitrogen and oxygen atoms in total. The molecule has 1 amide bonds. The number of carbonyl (C=O) groups excluding carboxylic acids is 1. The molecule has 3 aliphatic rings. The van der Waals surface area contributed by atoms with E-state index in [1.165, 1.54) is 16.7 Å². The number of carbonyl (C=O) groups is 1. The molecule has 164 valence electrons. The van der Waals surface area contributed by atoms with Gasteiger partial charge in [0.25, 0.3) is 5.91 Å². The molecule has 30 heavy (non-hydrogen) atoms. The lowest BCUT2D eigenvalue weighted by Crippen LogP contribution is -2.51. The first-order chi connectivity index (χ1) is 14.4. The Morgan fingerprint density at radius 1 is 1.30 bits per heavy atom. The van der Waals surface area contributed by atoms with Crippen LogP contribution in [0.15, 0.2) is 17.1 Å². The summed E-state index contributed by atoms with van der Waals surface area (Å²) in [4.78, 5) is 17.5. The molecular weight excluding hydrogens is 398 g/mol. The molecule has 0 radical (unpaired) electrons. The molecule has 0 aromatic heterocycles. The van der Waals surface area contributed by atoms with Crippen molar-refractivity contribution in [1.82, 2.24) is 14.9 Å². The third-order valence-corrected chi connectivity index (χ3v) is 8.23. The average Bonchev–Trinajstić information content (AvgIpc) is 3.37. The molecule has 0 aliphatic carbocycles. The zero-order valence-corrected chi connectivity index (χ0v) is 19.0. The van der Waals surface area contributed by atoms with Gasteiger partial charge in [0.1, 0.15) is 17.1 Å². The van der Waals surface area contributed by atoms with E-state index in [0.29, 0.717) is 31.7 Å². The van der Waals surface area contributed by atoms with Gasteiger partial charge in [0.2, 0.25) is 0 Å². The summed E-state index contributed by atoms with van der Waals surface area (Å²) in [5.41, 5.74) is 4.21. The number of hydrogen-bond donors (Lipinski definition) is 3.